The van der Waals surface area contributed by atoms with Crippen LogP contribution in [0.15, 0.2) is 0 Å². The molecule has 3 heteroatoms. The van der Waals surface area contributed by atoms with E-state index in [0.29, 0.717) is 0 Å². The van der Waals surface area contributed by atoms with Crippen molar-refractivity contribution in [3.63, 3.8) is 0 Å². The summed E-state index contributed by atoms with van der Waals surface area (Å²) < 4.78 is 24.9. The van der Waals surface area contributed by atoms with E-state index in [9.17, 15) is 8.78 Å². The molecule has 0 spiro atoms. The number of nitrogens with one attached hydrogen (secondary N) is 1. The fourth-order valence-electron chi connectivity index (χ4n) is 1.47. The zero-order valence-electron chi connectivity index (χ0n) is 8.66. The van der Waals surface area contributed by atoms with Gasteiger partial charge in [0.05, 0.1) is 0 Å². The molecule has 1 aliphatic rings. The quantitative estimate of drug-likeness (QED) is 0.720. The Morgan fingerprint density at radius 1 is 1.38 bits per heavy atom. The molecule has 0 aromatic rings. The Kier molecular flexibility index (Phi) is 2.95. The van der Waals surface area contributed by atoms with Crippen molar-refractivity contribution < 1.29 is 8.78 Å². The maximum atomic E-state index is 12.5. The van der Waals surface area contributed by atoms with E-state index in [0.717, 1.165) is 13.0 Å². The van der Waals surface area contributed by atoms with Crippen LogP contribution in [-0.2, 0) is 0 Å². The minimum absolute atomic E-state index is 0.0692. The van der Waals surface area contributed by atoms with Gasteiger partial charge in [-0.25, -0.2) is 8.78 Å². The monoisotopic (exact) mass is 191 g/mol. The molecule has 1 saturated carbocycles. The molecular weight excluding hydrogens is 172 g/mol. The molecule has 0 bridgehead atoms. The van der Waals surface area contributed by atoms with Gasteiger partial charge in [0.15, 0.2) is 0 Å². The van der Waals surface area contributed by atoms with Crippen LogP contribution in [0, 0.1) is 5.92 Å². The average molecular weight is 191 g/mol. The SMILES string of the molecule is CCC(C)(C)NCC1CC(F)(F)C1. The first-order valence-electron chi connectivity index (χ1n) is 4.97. The van der Waals surface area contributed by atoms with Gasteiger partial charge in [0, 0.05) is 18.4 Å². The summed E-state index contributed by atoms with van der Waals surface area (Å²) in [6.07, 6.45) is 1.16. The summed E-state index contributed by atoms with van der Waals surface area (Å²) in [7, 11) is 0. The Hall–Kier alpha value is -0.180. The summed E-state index contributed by atoms with van der Waals surface area (Å²) in [5, 5.41) is 3.32. The number of hydrogen-bond donors (Lipinski definition) is 1. The normalized spacial score (nSPS) is 22.8. The smallest absolute Gasteiger partial charge is 0.248 e. The van der Waals surface area contributed by atoms with Crippen LogP contribution < -0.4 is 5.32 Å². The van der Waals surface area contributed by atoms with Gasteiger partial charge in [-0.05, 0) is 32.7 Å². The topological polar surface area (TPSA) is 12.0 Å². The second kappa shape index (κ2) is 3.52. The summed E-state index contributed by atoms with van der Waals surface area (Å²) in [5.41, 5.74) is 0.0882. The van der Waals surface area contributed by atoms with Crippen LogP contribution in [0.2, 0.25) is 0 Å². The lowest BCUT2D eigenvalue weighted by Gasteiger charge is -2.37. The molecule has 1 rings (SSSR count). The second-order valence-corrected chi connectivity index (χ2v) is 4.75. The van der Waals surface area contributed by atoms with Gasteiger partial charge in [0.1, 0.15) is 0 Å². The van der Waals surface area contributed by atoms with E-state index in [1.807, 2.05) is 0 Å². The summed E-state index contributed by atoms with van der Waals surface area (Å²) in [4.78, 5) is 0. The van der Waals surface area contributed by atoms with E-state index >= 15 is 0 Å². The maximum absolute atomic E-state index is 12.5. The molecule has 78 valence electrons. The Balaban J connectivity index is 2.15. The molecule has 0 aliphatic heterocycles. The van der Waals surface area contributed by atoms with Crippen molar-refractivity contribution >= 4 is 0 Å². The number of halogens is 2. The minimum Gasteiger partial charge on any atom is -0.312 e. The molecule has 1 fully saturated rings. The molecule has 0 atom stereocenters. The largest absolute Gasteiger partial charge is 0.312 e. The van der Waals surface area contributed by atoms with Crippen LogP contribution in [0.3, 0.4) is 0 Å². The predicted molar refractivity (Wildman–Crippen MR) is 50.0 cm³/mol. The first kappa shape index (κ1) is 10.9. The zero-order chi connectivity index (χ0) is 10.1. The lowest BCUT2D eigenvalue weighted by Crippen LogP contribution is -2.47. The third kappa shape index (κ3) is 3.22. The molecule has 0 aromatic heterocycles. The highest BCUT2D eigenvalue weighted by Gasteiger charge is 2.45. The molecule has 1 N–H and O–H groups in total. The number of alkyl halides is 2. The molecule has 0 aromatic carbocycles. The van der Waals surface area contributed by atoms with Gasteiger partial charge in [-0.3, -0.25) is 0 Å². The van der Waals surface area contributed by atoms with Gasteiger partial charge in [0.2, 0.25) is 5.92 Å². The van der Waals surface area contributed by atoms with Crippen molar-refractivity contribution in [3.8, 4) is 0 Å². The molecule has 0 heterocycles. The highest BCUT2D eigenvalue weighted by Crippen LogP contribution is 2.42. The van der Waals surface area contributed by atoms with Crippen molar-refractivity contribution in [1.82, 2.24) is 5.32 Å². The minimum atomic E-state index is -2.37. The lowest BCUT2D eigenvalue weighted by atomic mass is 9.81. The van der Waals surface area contributed by atoms with Gasteiger partial charge in [0.25, 0.3) is 0 Å². The van der Waals surface area contributed by atoms with Crippen LogP contribution in [0.1, 0.15) is 40.0 Å². The summed E-state index contributed by atoms with van der Waals surface area (Å²) in [6.45, 7) is 7.03. The van der Waals surface area contributed by atoms with Crippen molar-refractivity contribution in [2.24, 2.45) is 5.92 Å². The molecule has 13 heavy (non-hydrogen) atoms. The summed E-state index contributed by atoms with van der Waals surface area (Å²) in [6, 6.07) is 0. The highest BCUT2D eigenvalue weighted by atomic mass is 19.3. The third-order valence-corrected chi connectivity index (χ3v) is 2.93. The molecule has 0 unspecified atom stereocenters. The number of hydrogen-bond acceptors (Lipinski definition) is 1. The Morgan fingerprint density at radius 2 is 1.92 bits per heavy atom. The average Bonchev–Trinajstić information content (AvgIpc) is 1.97. The molecule has 0 radical (unpaired) electrons. The van der Waals surface area contributed by atoms with E-state index in [1.165, 1.54) is 0 Å². The van der Waals surface area contributed by atoms with Crippen LogP contribution in [0.4, 0.5) is 8.78 Å². The van der Waals surface area contributed by atoms with E-state index in [2.05, 4.69) is 26.1 Å². The number of rotatable bonds is 4. The van der Waals surface area contributed by atoms with Crippen LogP contribution in [-0.4, -0.2) is 18.0 Å². The van der Waals surface area contributed by atoms with Gasteiger partial charge in [-0.15, -0.1) is 0 Å². The summed E-state index contributed by atoms with van der Waals surface area (Å²) >= 11 is 0. The second-order valence-electron chi connectivity index (χ2n) is 4.75. The van der Waals surface area contributed by atoms with Crippen molar-refractivity contribution in [2.45, 2.75) is 51.5 Å². The van der Waals surface area contributed by atoms with E-state index in [1.54, 1.807) is 0 Å². The Morgan fingerprint density at radius 3 is 2.31 bits per heavy atom. The third-order valence-electron chi connectivity index (χ3n) is 2.93. The van der Waals surface area contributed by atoms with Gasteiger partial charge in [-0.2, -0.15) is 0 Å². The summed E-state index contributed by atoms with van der Waals surface area (Å²) in [5.74, 6) is -2.19. The molecule has 0 amide bonds. The fraction of sp³-hybridized carbons (Fsp3) is 1.00. The first-order valence-corrected chi connectivity index (χ1v) is 4.97. The van der Waals surface area contributed by atoms with Crippen LogP contribution in [0.5, 0.6) is 0 Å². The van der Waals surface area contributed by atoms with E-state index in [4.69, 9.17) is 0 Å². The lowest BCUT2D eigenvalue weighted by molar-refractivity contribution is -0.110. The first-order chi connectivity index (χ1) is 5.85. The van der Waals surface area contributed by atoms with Gasteiger partial charge < -0.3 is 5.32 Å². The van der Waals surface area contributed by atoms with E-state index in [-0.39, 0.29) is 24.3 Å². The Labute approximate surface area is 78.9 Å². The predicted octanol–water partition coefficient (Wildman–Crippen LogP) is 2.81. The molecule has 1 nitrogen and oxygen atoms in total. The highest BCUT2D eigenvalue weighted by molar-refractivity contribution is 4.89. The van der Waals surface area contributed by atoms with Crippen LogP contribution in [0.25, 0.3) is 0 Å². The standard InChI is InChI=1S/C10H19F2N/c1-4-9(2,3)13-7-8-5-10(11,12)6-8/h8,13H,4-7H2,1-3H3. The fourth-order valence-corrected chi connectivity index (χ4v) is 1.47. The van der Waals surface area contributed by atoms with Gasteiger partial charge >= 0.3 is 0 Å². The maximum Gasteiger partial charge on any atom is 0.248 e. The van der Waals surface area contributed by atoms with Gasteiger partial charge in [-0.1, -0.05) is 6.92 Å². The Bertz CT molecular complexity index is 170. The van der Waals surface area contributed by atoms with Crippen molar-refractivity contribution in [1.29, 1.82) is 0 Å². The van der Waals surface area contributed by atoms with Crippen molar-refractivity contribution in [2.75, 3.05) is 6.54 Å². The zero-order valence-corrected chi connectivity index (χ0v) is 8.66. The molecule has 1 aliphatic carbocycles. The molecule has 0 saturated heterocycles. The molecular formula is C10H19F2N. The van der Waals surface area contributed by atoms with E-state index < -0.39 is 5.92 Å². The van der Waals surface area contributed by atoms with Crippen LogP contribution >= 0.6 is 0 Å². The van der Waals surface area contributed by atoms with Crippen molar-refractivity contribution in [3.05, 3.63) is 0 Å².